The van der Waals surface area contributed by atoms with E-state index in [-0.39, 0.29) is 30.8 Å². The molecule has 5 rings (SSSR count). The van der Waals surface area contributed by atoms with Crippen LogP contribution < -0.4 is 21.2 Å². The molecule has 1 heterocycles. The van der Waals surface area contributed by atoms with Gasteiger partial charge in [0.15, 0.2) is 5.78 Å². The SMILES string of the molecule is C=CCOC(=O)O[C@H](C)[C@H]1C(=O)N(C(C(=O)O)=P(c2ccccc2)(c2ccccc2)c2ccccc2)[C@@H]1CC(=O)c1ccc(CNC(=O)OC)cc1. The number of Topliss-reactive ketones (excluding diaryl/α,β-unsaturated/α-hetero) is 1. The summed E-state index contributed by atoms with van der Waals surface area (Å²) in [5.74, 6) is -3.36. The lowest BCUT2D eigenvalue weighted by Crippen LogP contribution is -2.68. The maximum absolute atomic E-state index is 14.5. The molecule has 2 N–H and O–H groups in total. The van der Waals surface area contributed by atoms with Crippen molar-refractivity contribution in [3.05, 3.63) is 139 Å². The first kappa shape index (κ1) is 37.3. The minimum absolute atomic E-state index is 0.113. The Labute approximate surface area is 301 Å². The second-order valence-electron chi connectivity index (χ2n) is 11.9. The fraction of sp³-hybridized carbons (Fsp3) is 0.200. The van der Waals surface area contributed by atoms with Crippen molar-refractivity contribution in [2.45, 2.75) is 32.0 Å². The summed E-state index contributed by atoms with van der Waals surface area (Å²) in [4.78, 5) is 67.5. The van der Waals surface area contributed by atoms with Gasteiger partial charge in [-0.15, -0.1) is 0 Å². The first-order chi connectivity index (χ1) is 25.1. The molecule has 1 fully saturated rings. The number of nitrogens with one attached hydrogen (secondary N) is 1. The maximum atomic E-state index is 14.5. The largest absolute Gasteiger partial charge is 0.508 e. The monoisotopic (exact) mass is 722 g/mol. The highest BCUT2D eigenvalue weighted by Crippen LogP contribution is 2.50. The van der Waals surface area contributed by atoms with E-state index in [9.17, 15) is 29.1 Å². The Morgan fingerprint density at radius 1 is 0.865 bits per heavy atom. The Hall–Kier alpha value is -5.93. The van der Waals surface area contributed by atoms with Gasteiger partial charge in [-0.05, 0) is 28.4 Å². The fourth-order valence-electron chi connectivity index (χ4n) is 6.49. The van der Waals surface area contributed by atoms with Gasteiger partial charge >= 0.3 is 18.2 Å². The molecule has 268 valence electrons. The molecular formula is C40H39N2O9P. The zero-order chi connectivity index (χ0) is 37.3. The highest BCUT2D eigenvalue weighted by atomic mass is 31.2. The van der Waals surface area contributed by atoms with Crippen LogP contribution in [-0.4, -0.2) is 71.2 Å². The molecule has 4 aromatic rings. The van der Waals surface area contributed by atoms with Crippen molar-refractivity contribution >= 4 is 58.1 Å². The Bertz CT molecular complexity index is 1880. The summed E-state index contributed by atoms with van der Waals surface area (Å²) in [6.45, 7) is 1.77. The van der Waals surface area contributed by atoms with E-state index in [1.54, 1.807) is 24.3 Å². The number of amides is 2. The van der Waals surface area contributed by atoms with Crippen LogP contribution >= 0.6 is 6.89 Å². The smallest absolute Gasteiger partial charge is 0.477 e. The van der Waals surface area contributed by atoms with Gasteiger partial charge < -0.3 is 29.5 Å². The lowest BCUT2D eigenvalue weighted by Gasteiger charge is -2.50. The molecule has 52 heavy (non-hydrogen) atoms. The number of carbonyl (C=O) groups excluding carboxylic acids is 4. The van der Waals surface area contributed by atoms with Crippen LogP contribution in [0.2, 0.25) is 0 Å². The lowest BCUT2D eigenvalue weighted by molar-refractivity contribution is -0.157. The number of rotatable bonds is 14. The van der Waals surface area contributed by atoms with Crippen LogP contribution in [-0.2, 0) is 30.3 Å². The van der Waals surface area contributed by atoms with Crippen molar-refractivity contribution in [3.8, 4) is 0 Å². The van der Waals surface area contributed by atoms with Gasteiger partial charge in [0, 0.05) is 25.4 Å². The minimum atomic E-state index is -3.33. The van der Waals surface area contributed by atoms with Crippen LogP contribution in [0.15, 0.2) is 128 Å². The molecule has 11 nitrogen and oxygen atoms in total. The number of methoxy groups -OCH3 is 1. The molecule has 0 saturated carbocycles. The van der Waals surface area contributed by atoms with Crippen LogP contribution in [0.5, 0.6) is 0 Å². The molecule has 0 unspecified atom stereocenters. The van der Waals surface area contributed by atoms with Gasteiger partial charge in [0.05, 0.1) is 19.1 Å². The van der Waals surface area contributed by atoms with Crippen molar-refractivity contribution < 1.29 is 43.3 Å². The van der Waals surface area contributed by atoms with E-state index in [4.69, 9.17) is 9.47 Å². The van der Waals surface area contributed by atoms with Crippen molar-refractivity contribution in [2.24, 2.45) is 5.92 Å². The van der Waals surface area contributed by atoms with Crippen molar-refractivity contribution in [3.63, 3.8) is 0 Å². The van der Waals surface area contributed by atoms with Crippen molar-refractivity contribution in [2.75, 3.05) is 13.7 Å². The number of ketones is 1. The van der Waals surface area contributed by atoms with Gasteiger partial charge in [0.1, 0.15) is 18.1 Å². The number of ether oxygens (including phenoxy) is 3. The number of aliphatic carboxylic acids is 1. The summed E-state index contributed by atoms with van der Waals surface area (Å²) in [5.41, 5.74) is 0.858. The number of carboxylic acids is 1. The lowest BCUT2D eigenvalue weighted by atomic mass is 9.79. The highest BCUT2D eigenvalue weighted by molar-refractivity contribution is 7.96. The topological polar surface area (TPSA) is 149 Å². The third-order valence-corrected chi connectivity index (χ3v) is 13.1. The van der Waals surface area contributed by atoms with Gasteiger partial charge in [-0.3, -0.25) is 9.59 Å². The van der Waals surface area contributed by atoms with Crippen LogP contribution in [0, 0.1) is 5.92 Å². The average Bonchev–Trinajstić information content (AvgIpc) is 3.17. The predicted molar refractivity (Wildman–Crippen MR) is 199 cm³/mol. The van der Waals surface area contributed by atoms with E-state index in [0.717, 1.165) is 0 Å². The normalized spacial score (nSPS) is 15.7. The summed E-state index contributed by atoms with van der Waals surface area (Å²) < 4.78 is 15.1. The molecule has 3 atom stereocenters. The molecule has 0 bridgehead atoms. The summed E-state index contributed by atoms with van der Waals surface area (Å²) in [7, 11) is 1.26. The standard InChI is InChI=1S/C40H39N2O9P/c1-4-24-50-40(48)51-27(2)35-33(25-34(43)29-22-20-28(21-23-29)26-41-39(47)49-3)42(36(35)44)37(38(45)46)52(30-14-8-5-9-15-30,31-16-10-6-11-17-31)32-18-12-7-13-19-32/h4-23,27,33,35H,1,24-26H2,2-3H3,(H,41,47)(H,45,46)/t27-,33-,35-/m1/s1. The highest BCUT2D eigenvalue weighted by Gasteiger charge is 2.56. The molecule has 0 spiro atoms. The molecule has 0 aliphatic carbocycles. The van der Waals surface area contributed by atoms with E-state index in [1.807, 2.05) is 91.0 Å². The van der Waals surface area contributed by atoms with Crippen LogP contribution in [0.1, 0.15) is 29.3 Å². The Morgan fingerprint density at radius 2 is 1.38 bits per heavy atom. The Balaban J connectivity index is 1.68. The molecule has 12 heteroatoms. The number of carboxylic acid groups (broad SMARTS) is 1. The number of hydrogen-bond acceptors (Lipinski definition) is 8. The van der Waals surface area contributed by atoms with Crippen molar-refractivity contribution in [1.29, 1.82) is 0 Å². The number of benzene rings is 4. The molecule has 0 radical (unpaired) electrons. The Kier molecular flexibility index (Phi) is 12.1. The number of β-lactam (4-membered cyclic amide) rings is 1. The zero-order valence-electron chi connectivity index (χ0n) is 28.7. The van der Waals surface area contributed by atoms with Gasteiger partial charge in [0.25, 0.3) is 0 Å². The fourth-order valence-corrected chi connectivity index (χ4v) is 10.8. The van der Waals surface area contributed by atoms with Crippen LogP contribution in [0.4, 0.5) is 9.59 Å². The van der Waals surface area contributed by atoms with Gasteiger partial charge in [-0.25, -0.2) is 14.4 Å². The van der Waals surface area contributed by atoms with E-state index in [2.05, 4.69) is 16.6 Å². The van der Waals surface area contributed by atoms with E-state index >= 15 is 0 Å². The zero-order valence-corrected chi connectivity index (χ0v) is 29.6. The number of carbonyl (C=O) groups is 5. The summed E-state index contributed by atoms with van der Waals surface area (Å²) >= 11 is 0. The van der Waals surface area contributed by atoms with Gasteiger partial charge in [-0.1, -0.05) is 128 Å². The van der Waals surface area contributed by atoms with Crippen LogP contribution in [0.3, 0.4) is 0 Å². The minimum Gasteiger partial charge on any atom is -0.477 e. The third-order valence-electron chi connectivity index (χ3n) is 8.84. The number of nitrogens with zero attached hydrogens (tertiary/aromatic N) is 1. The maximum Gasteiger partial charge on any atom is 0.508 e. The Morgan fingerprint density at radius 3 is 1.85 bits per heavy atom. The van der Waals surface area contributed by atoms with E-state index in [1.165, 1.54) is 25.0 Å². The molecule has 4 aromatic carbocycles. The molecule has 1 saturated heterocycles. The van der Waals surface area contributed by atoms with Gasteiger partial charge in [-0.2, -0.15) is 0 Å². The molecule has 0 aromatic heterocycles. The molecular weight excluding hydrogens is 683 g/mol. The molecule has 1 aliphatic heterocycles. The summed E-state index contributed by atoms with van der Waals surface area (Å²) in [6.07, 6.45) is -1.60. The number of alkyl carbamates (subject to hydrolysis) is 1. The van der Waals surface area contributed by atoms with Gasteiger partial charge in [0.2, 0.25) is 5.91 Å². The average molecular weight is 723 g/mol. The summed E-state index contributed by atoms with van der Waals surface area (Å²) in [6, 6.07) is 33.1. The summed E-state index contributed by atoms with van der Waals surface area (Å²) in [5, 5.41) is 15.9. The second kappa shape index (κ2) is 16.9. The van der Waals surface area contributed by atoms with Crippen molar-refractivity contribution in [1.82, 2.24) is 10.2 Å². The molecule has 1 aliphatic rings. The predicted octanol–water partition coefficient (Wildman–Crippen LogP) is 4.88. The number of likely N-dealkylation sites (tertiary alicyclic amines) is 1. The quantitative estimate of drug-likeness (QED) is 0.0611. The third kappa shape index (κ3) is 7.70. The van der Waals surface area contributed by atoms with E-state index in [0.29, 0.717) is 27.0 Å². The second-order valence-corrected chi connectivity index (χ2v) is 15.3. The molecule has 2 amide bonds. The van der Waals surface area contributed by atoms with Crippen LogP contribution in [0.25, 0.3) is 0 Å². The van der Waals surface area contributed by atoms with E-state index < -0.39 is 49.1 Å². The first-order valence-electron chi connectivity index (χ1n) is 16.5. The first-order valence-corrected chi connectivity index (χ1v) is 18.3. The number of hydrogen-bond donors (Lipinski definition) is 2.